The molecule has 5 atom stereocenters. The number of nitrogens with zero attached hydrogens (tertiary/aromatic N) is 2. The maximum absolute atomic E-state index is 3.80. The summed E-state index contributed by atoms with van der Waals surface area (Å²) in [6.45, 7) is 0. The van der Waals surface area contributed by atoms with E-state index in [-0.39, 0.29) is 6.17 Å². The lowest BCUT2D eigenvalue weighted by molar-refractivity contribution is 0.533. The molecule has 47 heavy (non-hydrogen) atoms. The molecule has 1 N–H and O–H groups in total. The number of hydrogen-bond donors (Lipinski definition) is 1. The first-order valence-electron chi connectivity index (χ1n) is 17.3. The Labute approximate surface area is 273 Å². The normalized spacial score (nSPS) is 27.9. The first kappa shape index (κ1) is 24.9. The minimum absolute atomic E-state index is 0.109. The van der Waals surface area contributed by atoms with E-state index < -0.39 is 0 Å². The third kappa shape index (κ3) is 3.27. The Kier molecular flexibility index (Phi) is 4.63. The van der Waals surface area contributed by atoms with Gasteiger partial charge in [0.05, 0.1) is 11.0 Å². The fourth-order valence-corrected chi connectivity index (χ4v) is 9.83. The molecule has 5 aliphatic carbocycles. The van der Waals surface area contributed by atoms with E-state index in [2.05, 4.69) is 148 Å². The van der Waals surface area contributed by atoms with Gasteiger partial charge in [-0.2, -0.15) is 0 Å². The van der Waals surface area contributed by atoms with Crippen LogP contribution in [0.4, 0.5) is 0 Å². The highest BCUT2D eigenvalue weighted by Gasteiger charge is 2.50. The number of rotatable bonds is 3. The molecule has 0 saturated heterocycles. The van der Waals surface area contributed by atoms with E-state index in [1.165, 1.54) is 77.9 Å². The SMILES string of the molecule is C1=CC2C(C=C1)C2n1c2ccccc2c2cc(-c3ccc4c(c3)c3ccccc3n4C3NC=CC4=C3CC3=C4C=CC4CC34)ccc21. The number of hydrogen-bond acceptors (Lipinski definition) is 1. The minimum Gasteiger partial charge on any atom is -0.367 e. The minimum atomic E-state index is 0.109. The number of allylic oxidation sites excluding steroid dienone is 10. The Balaban J connectivity index is 0.999. The lowest BCUT2D eigenvalue weighted by Gasteiger charge is -2.27. The van der Waals surface area contributed by atoms with Crippen molar-refractivity contribution in [1.82, 2.24) is 14.5 Å². The summed E-state index contributed by atoms with van der Waals surface area (Å²) < 4.78 is 5.18. The van der Waals surface area contributed by atoms with Crippen molar-refractivity contribution in [2.24, 2.45) is 23.7 Å². The standard InChI is InChI=1S/C44H33N3/c1-2-10-33-32(9-1)43(33)46-39-11-5-3-7-30(39)36-21-25(14-17-41(36)46)26-15-18-42-37(22-26)31-8-4-6-12-40(31)47(42)44-38-24-35-28(29(38)19-20-45-44)16-13-27-23-34(27)35/h1-22,27,32-34,43-45H,23-24H2. The second-order valence-corrected chi connectivity index (χ2v) is 14.5. The molecule has 0 radical (unpaired) electrons. The highest BCUT2D eigenvalue weighted by molar-refractivity contribution is 6.11. The van der Waals surface area contributed by atoms with Gasteiger partial charge in [0.1, 0.15) is 6.17 Å². The van der Waals surface area contributed by atoms with E-state index in [1.54, 1.807) is 5.57 Å². The van der Waals surface area contributed by atoms with Gasteiger partial charge in [-0.1, -0.05) is 90.6 Å². The molecule has 1 aliphatic heterocycles. The molecule has 6 aliphatic rings. The third-order valence-electron chi connectivity index (χ3n) is 12.2. The van der Waals surface area contributed by atoms with Gasteiger partial charge in [0, 0.05) is 50.5 Å². The van der Waals surface area contributed by atoms with Crippen molar-refractivity contribution in [1.29, 1.82) is 0 Å². The van der Waals surface area contributed by atoms with Gasteiger partial charge >= 0.3 is 0 Å². The molecule has 6 aromatic rings. The zero-order chi connectivity index (χ0) is 30.4. The van der Waals surface area contributed by atoms with Crippen molar-refractivity contribution in [3.05, 3.63) is 156 Å². The van der Waals surface area contributed by atoms with Gasteiger partial charge in [-0.05, 0) is 101 Å². The number of aromatic nitrogens is 2. The Hall–Kier alpha value is -5.28. The second-order valence-electron chi connectivity index (χ2n) is 14.5. The maximum atomic E-state index is 3.80. The first-order chi connectivity index (χ1) is 23.3. The molecule has 0 spiro atoms. The summed E-state index contributed by atoms with van der Waals surface area (Å²) >= 11 is 0. The van der Waals surface area contributed by atoms with E-state index in [0.717, 1.165) is 18.3 Å². The fourth-order valence-electron chi connectivity index (χ4n) is 9.83. The summed E-state index contributed by atoms with van der Waals surface area (Å²) in [5, 5.41) is 9.12. The number of fused-ring (bicyclic) bond motifs is 10. The first-order valence-corrected chi connectivity index (χ1v) is 17.3. The molecule has 3 nitrogen and oxygen atoms in total. The van der Waals surface area contributed by atoms with Crippen molar-refractivity contribution in [2.45, 2.75) is 25.0 Å². The van der Waals surface area contributed by atoms with Crippen LogP contribution in [0.1, 0.15) is 25.0 Å². The summed E-state index contributed by atoms with van der Waals surface area (Å²) in [6.07, 6.45) is 21.1. The van der Waals surface area contributed by atoms with Gasteiger partial charge < -0.3 is 14.5 Å². The molecule has 2 saturated carbocycles. The van der Waals surface area contributed by atoms with Crippen LogP contribution in [0.15, 0.2) is 156 Å². The third-order valence-corrected chi connectivity index (χ3v) is 12.2. The van der Waals surface area contributed by atoms with Gasteiger partial charge in [-0.3, -0.25) is 0 Å². The van der Waals surface area contributed by atoms with Crippen LogP contribution in [0, 0.1) is 23.7 Å². The predicted molar refractivity (Wildman–Crippen MR) is 193 cm³/mol. The summed E-state index contributed by atoms with van der Waals surface area (Å²) in [6, 6.07) is 32.7. The largest absolute Gasteiger partial charge is 0.367 e. The van der Waals surface area contributed by atoms with Crippen LogP contribution in [-0.4, -0.2) is 9.13 Å². The van der Waals surface area contributed by atoms with Gasteiger partial charge in [0.2, 0.25) is 0 Å². The zero-order valence-corrected chi connectivity index (χ0v) is 26.0. The summed E-state index contributed by atoms with van der Waals surface area (Å²) in [7, 11) is 0. The highest BCUT2D eigenvalue weighted by atomic mass is 15.2. The van der Waals surface area contributed by atoms with Crippen LogP contribution < -0.4 is 5.32 Å². The Bertz CT molecular complexity index is 2570. The van der Waals surface area contributed by atoms with E-state index in [9.17, 15) is 0 Å². The average molecular weight is 604 g/mol. The molecule has 0 bridgehead atoms. The molecule has 2 aromatic heterocycles. The van der Waals surface area contributed by atoms with Gasteiger partial charge in [-0.15, -0.1) is 0 Å². The lowest BCUT2D eigenvalue weighted by atomic mass is 9.96. The molecule has 224 valence electrons. The fraction of sp³-hybridized carbons (Fsp3) is 0.182. The summed E-state index contributed by atoms with van der Waals surface area (Å²) in [5.41, 5.74) is 13.9. The van der Waals surface area contributed by atoms with Crippen LogP contribution >= 0.6 is 0 Å². The van der Waals surface area contributed by atoms with Crippen molar-refractivity contribution >= 4 is 43.6 Å². The lowest BCUT2D eigenvalue weighted by Crippen LogP contribution is -2.26. The molecule has 12 rings (SSSR count). The van der Waals surface area contributed by atoms with Crippen LogP contribution in [0.5, 0.6) is 0 Å². The Morgan fingerprint density at radius 2 is 1.19 bits per heavy atom. The van der Waals surface area contributed by atoms with Crippen LogP contribution in [0.2, 0.25) is 0 Å². The van der Waals surface area contributed by atoms with Gasteiger partial charge in [0.15, 0.2) is 0 Å². The van der Waals surface area contributed by atoms with E-state index in [0.29, 0.717) is 17.9 Å². The molecule has 2 fully saturated rings. The zero-order valence-electron chi connectivity index (χ0n) is 26.0. The van der Waals surface area contributed by atoms with Crippen molar-refractivity contribution in [2.75, 3.05) is 0 Å². The molecular weight excluding hydrogens is 571 g/mol. The molecule has 5 unspecified atom stereocenters. The van der Waals surface area contributed by atoms with Crippen molar-refractivity contribution in [3.8, 4) is 11.1 Å². The number of nitrogens with one attached hydrogen (secondary N) is 1. The number of benzene rings is 4. The second kappa shape index (κ2) is 8.74. The Morgan fingerprint density at radius 1 is 0.574 bits per heavy atom. The van der Waals surface area contributed by atoms with Crippen molar-refractivity contribution < 1.29 is 0 Å². The maximum Gasteiger partial charge on any atom is 0.127 e. The number of para-hydroxylation sites is 2. The van der Waals surface area contributed by atoms with Crippen LogP contribution in [0.25, 0.3) is 54.7 Å². The topological polar surface area (TPSA) is 21.9 Å². The summed E-state index contributed by atoms with van der Waals surface area (Å²) in [4.78, 5) is 0. The van der Waals surface area contributed by atoms with Crippen LogP contribution in [-0.2, 0) is 0 Å². The smallest absolute Gasteiger partial charge is 0.127 e. The molecule has 4 aromatic carbocycles. The molecule has 3 heteroatoms. The van der Waals surface area contributed by atoms with E-state index in [4.69, 9.17) is 0 Å². The quantitative estimate of drug-likeness (QED) is 0.214. The van der Waals surface area contributed by atoms with Gasteiger partial charge in [-0.25, -0.2) is 0 Å². The Morgan fingerprint density at radius 3 is 1.91 bits per heavy atom. The summed E-state index contributed by atoms with van der Waals surface area (Å²) in [5.74, 6) is 2.75. The van der Waals surface area contributed by atoms with Crippen LogP contribution in [0.3, 0.4) is 0 Å². The molecule has 3 heterocycles. The van der Waals surface area contributed by atoms with Gasteiger partial charge in [0.25, 0.3) is 0 Å². The predicted octanol–water partition coefficient (Wildman–Crippen LogP) is 10.3. The van der Waals surface area contributed by atoms with E-state index >= 15 is 0 Å². The highest BCUT2D eigenvalue weighted by Crippen LogP contribution is 2.58. The molecule has 0 amide bonds. The van der Waals surface area contributed by atoms with E-state index in [1.807, 2.05) is 0 Å². The molecular formula is C44H33N3. The average Bonchev–Trinajstić information content (AvgIpc) is 3.96. The monoisotopic (exact) mass is 603 g/mol. The van der Waals surface area contributed by atoms with Crippen molar-refractivity contribution in [3.63, 3.8) is 0 Å². The number of dihydropyridines is 1.